The molecule has 150 valence electrons. The summed E-state index contributed by atoms with van der Waals surface area (Å²) < 4.78 is 1.77. The molecule has 2 aromatic heterocycles. The lowest BCUT2D eigenvalue weighted by Gasteiger charge is -2.33. The maximum Gasteiger partial charge on any atom is 0.290 e. The molecule has 0 saturated carbocycles. The van der Waals surface area contributed by atoms with E-state index in [0.717, 1.165) is 45.6 Å². The van der Waals surface area contributed by atoms with E-state index in [4.69, 9.17) is 0 Å². The van der Waals surface area contributed by atoms with Gasteiger partial charge in [-0.15, -0.1) is 0 Å². The third kappa shape index (κ3) is 3.51. The van der Waals surface area contributed by atoms with Gasteiger partial charge in [0.25, 0.3) is 11.8 Å². The third-order valence-corrected chi connectivity index (χ3v) is 5.99. The lowest BCUT2D eigenvalue weighted by atomic mass is 10.00. The van der Waals surface area contributed by atoms with Crippen LogP contribution < -0.4 is 0 Å². The van der Waals surface area contributed by atoms with Gasteiger partial charge in [-0.05, 0) is 37.4 Å². The molecule has 1 atom stereocenters. The number of imidazole rings is 1. The van der Waals surface area contributed by atoms with Crippen molar-refractivity contribution in [3.05, 3.63) is 35.9 Å². The zero-order valence-corrected chi connectivity index (χ0v) is 16.8. The normalized spacial score (nSPS) is 21.3. The summed E-state index contributed by atoms with van der Waals surface area (Å²) in [6.07, 6.45) is 4.00. The maximum absolute atomic E-state index is 13.2. The van der Waals surface area contributed by atoms with Crippen LogP contribution in [0.15, 0.2) is 24.4 Å². The molecule has 0 aromatic carbocycles. The predicted molar refractivity (Wildman–Crippen MR) is 108 cm³/mol. The molecule has 0 spiro atoms. The second-order valence-corrected chi connectivity index (χ2v) is 7.96. The summed E-state index contributed by atoms with van der Waals surface area (Å²) in [6, 6.07) is 5.64. The van der Waals surface area contributed by atoms with Crippen molar-refractivity contribution in [3.63, 3.8) is 0 Å². The number of aromatic nitrogens is 2. The van der Waals surface area contributed by atoms with Crippen LogP contribution in [0.1, 0.15) is 47.8 Å². The summed E-state index contributed by atoms with van der Waals surface area (Å²) in [5, 5.41) is 0. The Morgan fingerprint density at radius 3 is 2.57 bits per heavy atom. The Kier molecular flexibility index (Phi) is 5.35. The molecule has 2 amide bonds. The standard InChI is InChI=1S/C21H29N5O2/c1-3-23-11-13-24(14-12-23)21(28)19-22-18(17-8-4-5-10-26(17)19)20(27)25-9-6-7-16(2)15-25/h4-5,8,10,16H,3,6-7,9,11-15H2,1-2H3. The van der Waals surface area contributed by atoms with E-state index in [1.807, 2.05) is 34.2 Å². The van der Waals surface area contributed by atoms with E-state index >= 15 is 0 Å². The first kappa shape index (κ1) is 18.9. The fourth-order valence-electron chi connectivity index (χ4n) is 4.28. The fourth-order valence-corrected chi connectivity index (χ4v) is 4.28. The lowest BCUT2D eigenvalue weighted by Crippen LogP contribution is -2.48. The Labute approximate surface area is 165 Å². The van der Waals surface area contributed by atoms with E-state index < -0.39 is 0 Å². The first-order valence-corrected chi connectivity index (χ1v) is 10.4. The Morgan fingerprint density at radius 2 is 1.86 bits per heavy atom. The van der Waals surface area contributed by atoms with Gasteiger partial charge in [0, 0.05) is 45.5 Å². The van der Waals surface area contributed by atoms with Gasteiger partial charge in [0.1, 0.15) is 0 Å². The Hall–Kier alpha value is -2.41. The molecule has 2 aliphatic rings. The van der Waals surface area contributed by atoms with E-state index in [9.17, 15) is 9.59 Å². The van der Waals surface area contributed by atoms with Gasteiger partial charge in [0.05, 0.1) is 5.52 Å². The average Bonchev–Trinajstić information content (AvgIpc) is 3.12. The molecule has 2 aromatic rings. The zero-order chi connectivity index (χ0) is 19.7. The summed E-state index contributed by atoms with van der Waals surface area (Å²) in [6.45, 7) is 9.98. The number of piperazine rings is 1. The molecule has 1 unspecified atom stereocenters. The summed E-state index contributed by atoms with van der Waals surface area (Å²) in [4.78, 5) is 37.0. The number of likely N-dealkylation sites (tertiary alicyclic amines) is 1. The average molecular weight is 383 g/mol. The molecule has 4 heterocycles. The molecule has 0 radical (unpaired) electrons. The summed E-state index contributed by atoms with van der Waals surface area (Å²) in [7, 11) is 0. The first-order valence-electron chi connectivity index (χ1n) is 10.4. The monoisotopic (exact) mass is 383 g/mol. The van der Waals surface area contributed by atoms with Gasteiger partial charge in [-0.25, -0.2) is 4.98 Å². The van der Waals surface area contributed by atoms with Crippen LogP contribution in [0.5, 0.6) is 0 Å². The van der Waals surface area contributed by atoms with Gasteiger partial charge in [0.2, 0.25) is 5.82 Å². The molecule has 2 fully saturated rings. The smallest absolute Gasteiger partial charge is 0.290 e. The summed E-state index contributed by atoms with van der Waals surface area (Å²) in [5.41, 5.74) is 1.10. The molecular weight excluding hydrogens is 354 g/mol. The Morgan fingerprint density at radius 1 is 1.07 bits per heavy atom. The van der Waals surface area contributed by atoms with Gasteiger partial charge in [0.15, 0.2) is 5.69 Å². The second kappa shape index (κ2) is 7.91. The van der Waals surface area contributed by atoms with Crippen LogP contribution in [0.4, 0.5) is 0 Å². The third-order valence-electron chi connectivity index (χ3n) is 5.99. The highest BCUT2D eigenvalue weighted by molar-refractivity contribution is 6.02. The van der Waals surface area contributed by atoms with E-state index in [1.165, 1.54) is 0 Å². The lowest BCUT2D eigenvalue weighted by molar-refractivity contribution is 0.0630. The van der Waals surface area contributed by atoms with Gasteiger partial charge in [-0.3, -0.25) is 14.0 Å². The van der Waals surface area contributed by atoms with Gasteiger partial charge in [-0.1, -0.05) is 19.9 Å². The topological polar surface area (TPSA) is 61.2 Å². The quantitative estimate of drug-likeness (QED) is 0.813. The molecule has 7 heteroatoms. The van der Waals surface area contributed by atoms with Gasteiger partial charge >= 0.3 is 0 Å². The van der Waals surface area contributed by atoms with E-state index in [-0.39, 0.29) is 11.8 Å². The van der Waals surface area contributed by atoms with E-state index in [2.05, 4.69) is 23.7 Å². The predicted octanol–water partition coefficient (Wildman–Crippen LogP) is 1.98. The van der Waals surface area contributed by atoms with Crippen molar-refractivity contribution in [3.8, 4) is 0 Å². The highest BCUT2D eigenvalue weighted by Gasteiger charge is 2.30. The van der Waals surface area contributed by atoms with Crippen molar-refractivity contribution in [2.75, 3.05) is 45.8 Å². The molecule has 4 rings (SSSR count). The van der Waals surface area contributed by atoms with Crippen LogP contribution in [0, 0.1) is 5.92 Å². The highest BCUT2D eigenvalue weighted by atomic mass is 16.2. The summed E-state index contributed by atoms with van der Waals surface area (Å²) in [5.74, 6) is 0.685. The number of fused-ring (bicyclic) bond motifs is 1. The maximum atomic E-state index is 13.2. The summed E-state index contributed by atoms with van der Waals surface area (Å²) >= 11 is 0. The number of likely N-dealkylation sites (N-methyl/N-ethyl adjacent to an activating group) is 1. The largest absolute Gasteiger partial charge is 0.337 e. The molecule has 2 aliphatic heterocycles. The van der Waals surface area contributed by atoms with Crippen LogP contribution in [0.2, 0.25) is 0 Å². The van der Waals surface area contributed by atoms with Crippen LogP contribution in [-0.2, 0) is 0 Å². The minimum atomic E-state index is -0.0944. The van der Waals surface area contributed by atoms with Crippen LogP contribution in [0.3, 0.4) is 0 Å². The zero-order valence-electron chi connectivity index (χ0n) is 16.8. The van der Waals surface area contributed by atoms with E-state index in [1.54, 1.807) is 4.40 Å². The molecular formula is C21H29N5O2. The number of carbonyl (C=O) groups is 2. The van der Waals surface area contributed by atoms with Gasteiger partial charge in [-0.2, -0.15) is 0 Å². The van der Waals surface area contributed by atoms with Crippen LogP contribution >= 0.6 is 0 Å². The number of pyridine rings is 1. The van der Waals surface area contributed by atoms with Crippen molar-refractivity contribution in [1.29, 1.82) is 0 Å². The first-order chi connectivity index (χ1) is 13.6. The Balaban J connectivity index is 1.63. The molecule has 28 heavy (non-hydrogen) atoms. The fraction of sp³-hybridized carbons (Fsp3) is 0.571. The number of piperidine rings is 1. The van der Waals surface area contributed by atoms with Crippen molar-refractivity contribution in [1.82, 2.24) is 24.1 Å². The van der Waals surface area contributed by atoms with Crippen LogP contribution in [-0.4, -0.2) is 81.7 Å². The number of carbonyl (C=O) groups excluding carboxylic acids is 2. The Bertz CT molecular complexity index is 869. The molecule has 2 saturated heterocycles. The van der Waals surface area contributed by atoms with Crippen molar-refractivity contribution in [2.24, 2.45) is 5.92 Å². The number of amides is 2. The minimum absolute atomic E-state index is 0.0647. The molecule has 0 bridgehead atoms. The van der Waals surface area contributed by atoms with Crippen molar-refractivity contribution in [2.45, 2.75) is 26.7 Å². The van der Waals surface area contributed by atoms with Crippen molar-refractivity contribution < 1.29 is 9.59 Å². The number of nitrogens with zero attached hydrogens (tertiary/aromatic N) is 5. The number of hydrogen-bond donors (Lipinski definition) is 0. The van der Waals surface area contributed by atoms with Gasteiger partial charge < -0.3 is 14.7 Å². The van der Waals surface area contributed by atoms with E-state index in [0.29, 0.717) is 36.0 Å². The van der Waals surface area contributed by atoms with Crippen molar-refractivity contribution >= 4 is 17.3 Å². The minimum Gasteiger partial charge on any atom is -0.337 e. The second-order valence-electron chi connectivity index (χ2n) is 7.96. The SMILES string of the molecule is CCN1CCN(C(=O)c2nc(C(=O)N3CCCC(C)C3)c3ccccn23)CC1. The number of hydrogen-bond acceptors (Lipinski definition) is 4. The van der Waals surface area contributed by atoms with Crippen LogP contribution in [0.25, 0.3) is 5.52 Å². The molecule has 0 aliphatic carbocycles. The molecule has 7 nitrogen and oxygen atoms in total. The number of rotatable bonds is 3. The highest BCUT2D eigenvalue weighted by Crippen LogP contribution is 2.21. The molecule has 0 N–H and O–H groups in total.